The lowest BCUT2D eigenvalue weighted by Gasteiger charge is -2.33. The summed E-state index contributed by atoms with van der Waals surface area (Å²) >= 11 is 6.21. The van der Waals surface area contributed by atoms with E-state index in [4.69, 9.17) is 11.6 Å². The molecule has 0 saturated carbocycles. The Balaban J connectivity index is 2.45. The quantitative estimate of drug-likeness (QED) is 0.547. The molecule has 0 saturated heterocycles. The lowest BCUT2D eigenvalue weighted by molar-refractivity contribution is -0.140. The van der Waals surface area contributed by atoms with E-state index in [-0.39, 0.29) is 12.5 Å². The molecular weight excluding hydrogens is 462 g/mol. The maximum absolute atomic E-state index is 13.5. The lowest BCUT2D eigenvalue weighted by atomic mass is 10.1. The molecule has 0 aliphatic heterocycles. The van der Waals surface area contributed by atoms with Gasteiger partial charge in [0.05, 0.1) is 11.9 Å². The van der Waals surface area contributed by atoms with Crippen LogP contribution >= 0.6 is 11.6 Å². The van der Waals surface area contributed by atoms with Crippen LogP contribution in [0.25, 0.3) is 0 Å². The van der Waals surface area contributed by atoms with Gasteiger partial charge in [-0.25, -0.2) is 8.42 Å². The van der Waals surface area contributed by atoms with Gasteiger partial charge in [0.25, 0.3) is 0 Å². The van der Waals surface area contributed by atoms with Crippen LogP contribution in [0.2, 0.25) is 5.02 Å². The van der Waals surface area contributed by atoms with E-state index in [1.807, 2.05) is 52.0 Å². The zero-order valence-electron chi connectivity index (χ0n) is 19.8. The Morgan fingerprint density at radius 2 is 1.79 bits per heavy atom. The van der Waals surface area contributed by atoms with Gasteiger partial charge in [0, 0.05) is 18.1 Å². The van der Waals surface area contributed by atoms with Crippen LogP contribution in [-0.4, -0.2) is 50.5 Å². The fraction of sp³-hybridized carbons (Fsp3) is 0.417. The summed E-state index contributed by atoms with van der Waals surface area (Å²) in [5, 5.41) is 3.18. The number of sulfonamides is 1. The number of benzene rings is 2. The first-order valence-corrected chi connectivity index (χ1v) is 13.1. The number of carbonyl (C=O) groups excluding carboxylic acids is 2. The minimum Gasteiger partial charge on any atom is -0.355 e. The van der Waals surface area contributed by atoms with Crippen molar-refractivity contribution >= 4 is 39.1 Å². The van der Waals surface area contributed by atoms with Crippen molar-refractivity contribution in [3.05, 3.63) is 64.2 Å². The van der Waals surface area contributed by atoms with Crippen LogP contribution in [0.3, 0.4) is 0 Å². The van der Waals surface area contributed by atoms with E-state index in [0.29, 0.717) is 23.7 Å². The highest BCUT2D eigenvalue weighted by Gasteiger charge is 2.31. The van der Waals surface area contributed by atoms with Gasteiger partial charge in [-0.3, -0.25) is 13.9 Å². The second-order valence-electron chi connectivity index (χ2n) is 8.03. The van der Waals surface area contributed by atoms with Crippen molar-refractivity contribution in [1.82, 2.24) is 10.2 Å². The molecule has 1 N–H and O–H groups in total. The molecule has 0 fully saturated rings. The highest BCUT2D eigenvalue weighted by Crippen LogP contribution is 2.25. The summed E-state index contributed by atoms with van der Waals surface area (Å²) in [5.74, 6) is -0.748. The van der Waals surface area contributed by atoms with Gasteiger partial charge in [-0.2, -0.15) is 0 Å². The van der Waals surface area contributed by atoms with Crippen LogP contribution in [-0.2, 0) is 26.2 Å². The van der Waals surface area contributed by atoms with Gasteiger partial charge in [0.1, 0.15) is 12.6 Å². The molecule has 0 aromatic heterocycles. The van der Waals surface area contributed by atoms with Gasteiger partial charge < -0.3 is 10.2 Å². The monoisotopic (exact) mass is 493 g/mol. The molecule has 7 nitrogen and oxygen atoms in total. The number of carbonyl (C=O) groups is 2. The number of rotatable bonds is 10. The zero-order chi connectivity index (χ0) is 24.8. The highest BCUT2D eigenvalue weighted by molar-refractivity contribution is 7.92. The van der Waals surface area contributed by atoms with E-state index < -0.39 is 28.5 Å². The number of halogens is 1. The summed E-state index contributed by atoms with van der Waals surface area (Å²) < 4.78 is 26.2. The molecule has 9 heteroatoms. The van der Waals surface area contributed by atoms with Crippen molar-refractivity contribution in [3.8, 4) is 0 Å². The Morgan fingerprint density at radius 1 is 1.09 bits per heavy atom. The summed E-state index contributed by atoms with van der Waals surface area (Å²) in [6.45, 7) is 7.56. The Bertz CT molecular complexity index is 1100. The Hall–Kier alpha value is -2.58. The lowest BCUT2D eigenvalue weighted by Crippen LogP contribution is -2.52. The second kappa shape index (κ2) is 11.5. The summed E-state index contributed by atoms with van der Waals surface area (Å²) in [4.78, 5) is 27.7. The van der Waals surface area contributed by atoms with E-state index in [0.717, 1.165) is 27.3 Å². The first kappa shape index (κ1) is 26.7. The van der Waals surface area contributed by atoms with Gasteiger partial charge in [0.15, 0.2) is 0 Å². The van der Waals surface area contributed by atoms with E-state index in [1.165, 1.54) is 11.0 Å². The fourth-order valence-corrected chi connectivity index (χ4v) is 4.59. The molecule has 0 radical (unpaired) electrons. The minimum atomic E-state index is -3.79. The molecule has 2 rings (SSSR count). The molecule has 2 aromatic rings. The predicted molar refractivity (Wildman–Crippen MR) is 133 cm³/mol. The van der Waals surface area contributed by atoms with Gasteiger partial charge in [-0.1, -0.05) is 54.4 Å². The SMILES string of the molecule is CCNC(=O)C(CC)N(Cc1cccc(C)c1)C(=O)CN(c1ccc(C)c(Cl)c1)S(C)(=O)=O. The largest absolute Gasteiger partial charge is 0.355 e. The molecule has 2 amide bonds. The van der Waals surface area contributed by atoms with Crippen molar-refractivity contribution in [3.63, 3.8) is 0 Å². The number of anilines is 1. The van der Waals surface area contributed by atoms with Crippen molar-refractivity contribution in [2.45, 2.75) is 46.7 Å². The maximum atomic E-state index is 13.5. The van der Waals surface area contributed by atoms with Crippen LogP contribution in [0, 0.1) is 13.8 Å². The van der Waals surface area contributed by atoms with E-state index in [2.05, 4.69) is 5.32 Å². The molecule has 180 valence electrons. The number of hydrogen-bond acceptors (Lipinski definition) is 4. The summed E-state index contributed by atoms with van der Waals surface area (Å²) in [6, 6.07) is 11.8. The minimum absolute atomic E-state index is 0.183. The topological polar surface area (TPSA) is 86.8 Å². The molecule has 0 bridgehead atoms. The van der Waals surface area contributed by atoms with E-state index in [9.17, 15) is 18.0 Å². The van der Waals surface area contributed by atoms with Crippen LogP contribution in [0.4, 0.5) is 5.69 Å². The Kier molecular flexibility index (Phi) is 9.31. The van der Waals surface area contributed by atoms with Crippen LogP contribution in [0.5, 0.6) is 0 Å². The van der Waals surface area contributed by atoms with Gasteiger partial charge in [-0.15, -0.1) is 0 Å². The molecule has 0 heterocycles. The van der Waals surface area contributed by atoms with Crippen LogP contribution < -0.4 is 9.62 Å². The second-order valence-corrected chi connectivity index (χ2v) is 10.3. The molecule has 1 unspecified atom stereocenters. The molecular formula is C24H32ClN3O4S. The van der Waals surface area contributed by atoms with Crippen molar-refractivity contribution in [2.24, 2.45) is 0 Å². The predicted octanol–water partition coefficient (Wildman–Crippen LogP) is 3.67. The number of amides is 2. The van der Waals surface area contributed by atoms with Crippen molar-refractivity contribution in [2.75, 3.05) is 23.7 Å². The average molecular weight is 494 g/mol. The summed E-state index contributed by atoms with van der Waals surface area (Å²) in [7, 11) is -3.79. The first-order chi connectivity index (χ1) is 15.5. The van der Waals surface area contributed by atoms with Crippen molar-refractivity contribution in [1.29, 1.82) is 0 Å². The fourth-order valence-electron chi connectivity index (χ4n) is 3.57. The maximum Gasteiger partial charge on any atom is 0.244 e. The molecule has 33 heavy (non-hydrogen) atoms. The number of aryl methyl sites for hydroxylation is 2. The molecule has 0 aliphatic rings. The molecule has 0 spiro atoms. The normalized spacial score (nSPS) is 12.2. The number of likely N-dealkylation sites (N-methyl/N-ethyl adjacent to an activating group) is 1. The standard InChI is InChI=1S/C24H32ClN3O4S/c1-6-22(24(30)26-7-2)27(15-19-10-8-9-17(3)13-19)23(29)16-28(33(5,31)32)20-12-11-18(4)21(25)14-20/h8-14,22H,6-7,15-16H2,1-5H3,(H,26,30). The van der Waals surface area contributed by atoms with Crippen molar-refractivity contribution < 1.29 is 18.0 Å². The van der Waals surface area contributed by atoms with Gasteiger partial charge in [0.2, 0.25) is 21.8 Å². The number of hydrogen-bond donors (Lipinski definition) is 1. The van der Waals surface area contributed by atoms with E-state index in [1.54, 1.807) is 12.1 Å². The third-order valence-electron chi connectivity index (χ3n) is 5.29. The van der Waals surface area contributed by atoms with E-state index >= 15 is 0 Å². The number of nitrogens with zero attached hydrogens (tertiary/aromatic N) is 2. The first-order valence-electron chi connectivity index (χ1n) is 10.8. The third-order valence-corrected chi connectivity index (χ3v) is 6.84. The third kappa shape index (κ3) is 7.20. The Labute approximate surface area is 201 Å². The highest BCUT2D eigenvalue weighted by atomic mass is 35.5. The van der Waals surface area contributed by atoms with Crippen LogP contribution in [0.1, 0.15) is 37.0 Å². The molecule has 2 aromatic carbocycles. The van der Waals surface area contributed by atoms with Gasteiger partial charge in [-0.05, 0) is 50.5 Å². The summed E-state index contributed by atoms with van der Waals surface area (Å²) in [5.41, 5.74) is 2.97. The number of nitrogens with one attached hydrogen (secondary N) is 1. The smallest absolute Gasteiger partial charge is 0.244 e. The average Bonchev–Trinajstić information content (AvgIpc) is 2.73. The Morgan fingerprint density at radius 3 is 2.33 bits per heavy atom. The molecule has 0 aliphatic carbocycles. The zero-order valence-corrected chi connectivity index (χ0v) is 21.3. The molecule has 1 atom stereocenters. The summed E-state index contributed by atoms with van der Waals surface area (Å²) in [6.07, 6.45) is 1.43. The van der Waals surface area contributed by atoms with Crippen LogP contribution in [0.15, 0.2) is 42.5 Å². The van der Waals surface area contributed by atoms with Gasteiger partial charge >= 0.3 is 0 Å².